The molecule has 1 aromatic carbocycles. The van der Waals surface area contributed by atoms with Crippen molar-refractivity contribution in [1.29, 1.82) is 0 Å². The van der Waals surface area contributed by atoms with E-state index in [1.165, 1.54) is 12.1 Å². The summed E-state index contributed by atoms with van der Waals surface area (Å²) in [6.07, 6.45) is -4.05. The minimum Gasteiger partial charge on any atom is -0.326 e. The van der Waals surface area contributed by atoms with E-state index in [1.54, 1.807) is 6.92 Å². The van der Waals surface area contributed by atoms with Gasteiger partial charge in [0.15, 0.2) is 0 Å². The summed E-state index contributed by atoms with van der Waals surface area (Å²) >= 11 is 0. The fraction of sp³-hybridized carbons (Fsp3) is 0.300. The molecule has 15 heavy (non-hydrogen) atoms. The Morgan fingerprint density at radius 3 is 2.20 bits per heavy atom. The van der Waals surface area contributed by atoms with Gasteiger partial charge in [-0.25, -0.2) is 0 Å². The number of halogens is 3. The lowest BCUT2D eigenvalue weighted by Gasteiger charge is -2.08. The number of hydrogen-bond donors (Lipinski definition) is 1. The quantitative estimate of drug-likeness (QED) is 0.810. The van der Waals surface area contributed by atoms with Crippen molar-refractivity contribution in [3.05, 3.63) is 29.8 Å². The van der Waals surface area contributed by atoms with Crippen LogP contribution in [0.1, 0.15) is 18.9 Å². The number of carbonyl (C=O) groups is 1. The number of benzene rings is 1. The van der Waals surface area contributed by atoms with Crippen molar-refractivity contribution in [1.82, 2.24) is 0 Å². The Balaban J connectivity index is 2.77. The molecule has 0 spiro atoms. The first kappa shape index (κ1) is 11.6. The van der Waals surface area contributed by atoms with E-state index in [0.29, 0.717) is 12.1 Å². The van der Waals surface area contributed by atoms with Crippen LogP contribution in [0.2, 0.25) is 0 Å². The molecule has 0 radical (unpaired) electrons. The number of anilines is 1. The van der Waals surface area contributed by atoms with Crippen molar-refractivity contribution in [2.45, 2.75) is 19.5 Å². The first-order chi connectivity index (χ1) is 6.93. The maximum atomic E-state index is 12.2. The smallest absolute Gasteiger partial charge is 0.326 e. The van der Waals surface area contributed by atoms with Crippen LogP contribution in [-0.2, 0) is 11.0 Å². The summed E-state index contributed by atoms with van der Waals surface area (Å²) in [6.45, 7) is 1.67. The first-order valence-corrected chi connectivity index (χ1v) is 4.40. The largest absolute Gasteiger partial charge is 0.416 e. The molecule has 0 aliphatic rings. The lowest BCUT2D eigenvalue weighted by Crippen LogP contribution is -2.10. The minimum atomic E-state index is -4.34. The van der Waals surface area contributed by atoms with Crippen LogP contribution >= 0.6 is 0 Å². The summed E-state index contributed by atoms with van der Waals surface area (Å²) in [5.74, 6) is -0.227. The fourth-order valence-corrected chi connectivity index (χ4v) is 0.992. The third-order valence-corrected chi connectivity index (χ3v) is 1.82. The Kier molecular flexibility index (Phi) is 3.34. The van der Waals surface area contributed by atoms with Gasteiger partial charge in [-0.3, -0.25) is 4.79 Å². The summed E-state index contributed by atoms with van der Waals surface area (Å²) < 4.78 is 36.5. The molecule has 1 aromatic rings. The van der Waals surface area contributed by atoms with E-state index in [2.05, 4.69) is 5.32 Å². The number of amides is 1. The molecule has 82 valence electrons. The van der Waals surface area contributed by atoms with Crippen LogP contribution in [0.15, 0.2) is 24.3 Å². The highest BCUT2D eigenvalue weighted by molar-refractivity contribution is 5.90. The van der Waals surface area contributed by atoms with Gasteiger partial charge in [-0.15, -0.1) is 0 Å². The molecule has 1 rings (SSSR count). The second-order valence-corrected chi connectivity index (χ2v) is 2.98. The van der Waals surface area contributed by atoms with Crippen LogP contribution in [0.25, 0.3) is 0 Å². The van der Waals surface area contributed by atoms with Gasteiger partial charge in [0.2, 0.25) is 5.91 Å². The standard InChI is InChI=1S/C10H10F3NO/c1-2-9(15)14-8-5-3-7(4-6-8)10(11,12)13/h3-6H,2H2,1H3,(H,14,15). The number of hydrogen-bond acceptors (Lipinski definition) is 1. The number of alkyl halides is 3. The third-order valence-electron chi connectivity index (χ3n) is 1.82. The molecule has 0 bridgehead atoms. The molecule has 1 amide bonds. The summed E-state index contributed by atoms with van der Waals surface area (Å²) in [6, 6.07) is 4.34. The molecule has 5 heteroatoms. The first-order valence-electron chi connectivity index (χ1n) is 4.40. The van der Waals surface area contributed by atoms with E-state index in [4.69, 9.17) is 0 Å². The molecule has 0 aromatic heterocycles. The van der Waals surface area contributed by atoms with E-state index in [9.17, 15) is 18.0 Å². The van der Waals surface area contributed by atoms with Crippen molar-refractivity contribution in [2.75, 3.05) is 5.32 Å². The molecular formula is C10H10F3NO. The molecule has 0 aliphatic heterocycles. The normalized spacial score (nSPS) is 11.2. The highest BCUT2D eigenvalue weighted by Crippen LogP contribution is 2.29. The number of nitrogens with one attached hydrogen (secondary N) is 1. The maximum Gasteiger partial charge on any atom is 0.416 e. The zero-order valence-electron chi connectivity index (χ0n) is 8.06. The predicted molar refractivity (Wildman–Crippen MR) is 50.4 cm³/mol. The van der Waals surface area contributed by atoms with Crippen LogP contribution in [-0.4, -0.2) is 5.91 Å². The number of rotatable bonds is 2. The Morgan fingerprint density at radius 2 is 1.80 bits per heavy atom. The minimum absolute atomic E-state index is 0.227. The molecular weight excluding hydrogens is 207 g/mol. The highest BCUT2D eigenvalue weighted by atomic mass is 19.4. The Bertz CT molecular complexity index is 343. The van der Waals surface area contributed by atoms with Crippen molar-refractivity contribution < 1.29 is 18.0 Å². The van der Waals surface area contributed by atoms with E-state index in [0.717, 1.165) is 12.1 Å². The third kappa shape index (κ3) is 3.27. The van der Waals surface area contributed by atoms with E-state index >= 15 is 0 Å². The molecule has 1 N–H and O–H groups in total. The van der Waals surface area contributed by atoms with Gasteiger partial charge in [0.25, 0.3) is 0 Å². The van der Waals surface area contributed by atoms with Gasteiger partial charge in [-0.1, -0.05) is 6.92 Å². The molecule has 0 saturated heterocycles. The van der Waals surface area contributed by atoms with Crippen molar-refractivity contribution in [3.8, 4) is 0 Å². The molecule has 2 nitrogen and oxygen atoms in total. The monoisotopic (exact) mass is 217 g/mol. The van der Waals surface area contributed by atoms with Gasteiger partial charge in [0, 0.05) is 12.1 Å². The van der Waals surface area contributed by atoms with Gasteiger partial charge in [0.1, 0.15) is 0 Å². The zero-order valence-corrected chi connectivity index (χ0v) is 8.06. The lowest BCUT2D eigenvalue weighted by molar-refractivity contribution is -0.137. The van der Waals surface area contributed by atoms with Crippen molar-refractivity contribution >= 4 is 11.6 Å². The van der Waals surface area contributed by atoms with Crippen LogP contribution in [0, 0.1) is 0 Å². The fourth-order valence-electron chi connectivity index (χ4n) is 0.992. The van der Waals surface area contributed by atoms with Gasteiger partial charge in [0.05, 0.1) is 5.56 Å². The summed E-state index contributed by atoms with van der Waals surface area (Å²) in [4.78, 5) is 10.9. The highest BCUT2D eigenvalue weighted by Gasteiger charge is 2.29. The second-order valence-electron chi connectivity index (χ2n) is 2.98. The topological polar surface area (TPSA) is 29.1 Å². The SMILES string of the molecule is CCC(=O)Nc1ccc(C(F)(F)F)cc1. The van der Waals surface area contributed by atoms with Gasteiger partial charge in [-0.05, 0) is 24.3 Å². The Morgan fingerprint density at radius 1 is 1.27 bits per heavy atom. The van der Waals surface area contributed by atoms with Crippen molar-refractivity contribution in [3.63, 3.8) is 0 Å². The van der Waals surface area contributed by atoms with Gasteiger partial charge in [-0.2, -0.15) is 13.2 Å². The van der Waals surface area contributed by atoms with Crippen molar-refractivity contribution in [2.24, 2.45) is 0 Å². The van der Waals surface area contributed by atoms with Crippen LogP contribution < -0.4 is 5.32 Å². The molecule has 0 fully saturated rings. The molecule has 0 saturated carbocycles. The molecule has 0 heterocycles. The molecule has 0 unspecified atom stereocenters. The average Bonchev–Trinajstić information content (AvgIpc) is 2.17. The summed E-state index contributed by atoms with van der Waals surface area (Å²) in [5, 5.41) is 2.46. The van der Waals surface area contributed by atoms with E-state index in [1.807, 2.05) is 0 Å². The van der Waals surface area contributed by atoms with Crippen LogP contribution in [0.3, 0.4) is 0 Å². The number of carbonyl (C=O) groups excluding carboxylic acids is 1. The van der Waals surface area contributed by atoms with E-state index in [-0.39, 0.29) is 5.91 Å². The van der Waals surface area contributed by atoms with Gasteiger partial charge < -0.3 is 5.32 Å². The average molecular weight is 217 g/mol. The van der Waals surface area contributed by atoms with Crippen LogP contribution in [0.4, 0.5) is 18.9 Å². The summed E-state index contributed by atoms with van der Waals surface area (Å²) in [5.41, 5.74) is -0.355. The van der Waals surface area contributed by atoms with Gasteiger partial charge >= 0.3 is 6.18 Å². The zero-order chi connectivity index (χ0) is 11.5. The lowest BCUT2D eigenvalue weighted by atomic mass is 10.2. The predicted octanol–water partition coefficient (Wildman–Crippen LogP) is 3.05. The summed E-state index contributed by atoms with van der Waals surface area (Å²) in [7, 11) is 0. The Labute approximate surface area is 85.1 Å². The van der Waals surface area contributed by atoms with E-state index < -0.39 is 11.7 Å². The Hall–Kier alpha value is -1.52. The second kappa shape index (κ2) is 4.33. The molecule has 0 atom stereocenters. The maximum absolute atomic E-state index is 12.2. The van der Waals surface area contributed by atoms with Crippen LogP contribution in [0.5, 0.6) is 0 Å². The molecule has 0 aliphatic carbocycles.